The third-order valence-corrected chi connectivity index (χ3v) is 7.95. The van der Waals surface area contributed by atoms with Crippen molar-refractivity contribution < 1.29 is 9.36 Å². The van der Waals surface area contributed by atoms with Crippen molar-refractivity contribution in [2.45, 2.75) is 0 Å². The molecule has 0 amide bonds. The summed E-state index contributed by atoms with van der Waals surface area (Å²) in [4.78, 5) is 11.4. The predicted molar refractivity (Wildman–Crippen MR) is 117 cm³/mol. The average Bonchev–Trinajstić information content (AvgIpc) is 2.80. The molecule has 0 aromatic heterocycles. The molecule has 0 N–H and O–H groups in total. The molecular formula is C25H19O2P. The van der Waals surface area contributed by atoms with Crippen LogP contribution in [0, 0.1) is 0 Å². The lowest BCUT2D eigenvalue weighted by molar-refractivity contribution is 0.112. The molecule has 0 spiro atoms. The molecule has 3 heteroatoms. The summed E-state index contributed by atoms with van der Waals surface area (Å²) in [5, 5.41) is 2.39. The molecule has 0 heterocycles. The van der Waals surface area contributed by atoms with E-state index >= 15 is 0 Å². The highest BCUT2D eigenvalue weighted by molar-refractivity contribution is 7.85. The van der Waals surface area contributed by atoms with Crippen LogP contribution in [-0.2, 0) is 4.57 Å². The van der Waals surface area contributed by atoms with E-state index < -0.39 is 7.14 Å². The zero-order valence-electron chi connectivity index (χ0n) is 15.2. The van der Waals surface area contributed by atoms with Gasteiger partial charge in [0.1, 0.15) is 0 Å². The van der Waals surface area contributed by atoms with E-state index in [2.05, 4.69) is 0 Å². The van der Waals surface area contributed by atoms with Crippen molar-refractivity contribution in [1.29, 1.82) is 0 Å². The van der Waals surface area contributed by atoms with Gasteiger partial charge in [0.2, 0.25) is 0 Å². The van der Waals surface area contributed by atoms with E-state index in [1.165, 1.54) is 0 Å². The molecule has 4 aromatic rings. The predicted octanol–water partition coefficient (Wildman–Crippen LogP) is 4.81. The minimum absolute atomic E-state index is 0.643. The Morgan fingerprint density at radius 1 is 0.536 bits per heavy atom. The first-order valence-electron chi connectivity index (χ1n) is 9.10. The summed E-state index contributed by atoms with van der Waals surface area (Å²) in [7, 11) is -2.98. The Bertz CT molecular complexity index is 1090. The molecule has 0 atom stereocenters. The van der Waals surface area contributed by atoms with Gasteiger partial charge in [0.15, 0.2) is 13.4 Å². The molecule has 0 bridgehead atoms. The SMILES string of the molecule is O=Cc1ccccc1-c1ccc(P(=O)(c2ccccc2)c2ccccc2)cc1. The van der Waals surface area contributed by atoms with Gasteiger partial charge in [-0.2, -0.15) is 0 Å². The summed E-state index contributed by atoms with van der Waals surface area (Å²) < 4.78 is 14.3. The summed E-state index contributed by atoms with van der Waals surface area (Å²) in [6.45, 7) is 0. The lowest BCUT2D eigenvalue weighted by Crippen LogP contribution is -2.24. The normalized spacial score (nSPS) is 11.1. The Hall–Kier alpha value is -3.22. The van der Waals surface area contributed by atoms with Crippen LogP contribution in [0.3, 0.4) is 0 Å². The molecular weight excluding hydrogens is 363 g/mol. The fourth-order valence-corrected chi connectivity index (χ4v) is 6.08. The van der Waals surface area contributed by atoms with Gasteiger partial charge in [-0.15, -0.1) is 0 Å². The van der Waals surface area contributed by atoms with Gasteiger partial charge >= 0.3 is 0 Å². The van der Waals surface area contributed by atoms with E-state index in [0.29, 0.717) is 5.56 Å². The molecule has 136 valence electrons. The van der Waals surface area contributed by atoms with Crippen molar-refractivity contribution in [2.75, 3.05) is 0 Å². The first kappa shape index (κ1) is 18.2. The highest BCUT2D eigenvalue weighted by Crippen LogP contribution is 2.42. The van der Waals surface area contributed by atoms with Crippen LogP contribution in [-0.4, -0.2) is 6.29 Å². The number of rotatable bonds is 5. The fraction of sp³-hybridized carbons (Fsp3) is 0. The molecule has 0 aliphatic rings. The van der Waals surface area contributed by atoms with Gasteiger partial charge in [-0.05, 0) is 11.1 Å². The maximum atomic E-state index is 14.3. The number of aldehydes is 1. The summed E-state index contributed by atoms with van der Waals surface area (Å²) in [6.07, 6.45) is 0.863. The maximum Gasteiger partial charge on any atom is 0.171 e. The fourth-order valence-electron chi connectivity index (χ4n) is 3.44. The molecule has 0 aliphatic heterocycles. The van der Waals surface area contributed by atoms with Crippen molar-refractivity contribution in [3.63, 3.8) is 0 Å². The second-order valence-corrected chi connectivity index (χ2v) is 9.30. The van der Waals surface area contributed by atoms with Gasteiger partial charge in [-0.3, -0.25) is 4.79 Å². The van der Waals surface area contributed by atoms with Gasteiger partial charge in [0.05, 0.1) is 0 Å². The van der Waals surface area contributed by atoms with Crippen LogP contribution >= 0.6 is 7.14 Å². The Kier molecular flexibility index (Phi) is 5.06. The topological polar surface area (TPSA) is 34.1 Å². The molecule has 0 aliphatic carbocycles. The molecule has 0 unspecified atom stereocenters. The monoisotopic (exact) mass is 382 g/mol. The van der Waals surface area contributed by atoms with E-state index in [-0.39, 0.29) is 0 Å². The Morgan fingerprint density at radius 2 is 1.00 bits per heavy atom. The van der Waals surface area contributed by atoms with Crippen molar-refractivity contribution in [2.24, 2.45) is 0 Å². The number of benzene rings is 4. The molecule has 0 fully saturated rings. The quantitative estimate of drug-likeness (QED) is 0.367. The second-order valence-electron chi connectivity index (χ2n) is 6.53. The van der Waals surface area contributed by atoms with E-state index in [4.69, 9.17) is 0 Å². The van der Waals surface area contributed by atoms with Crippen molar-refractivity contribution >= 4 is 29.3 Å². The van der Waals surface area contributed by atoms with Gasteiger partial charge in [0.25, 0.3) is 0 Å². The summed E-state index contributed by atoms with van der Waals surface area (Å²) >= 11 is 0. The molecule has 0 saturated carbocycles. The highest BCUT2D eigenvalue weighted by atomic mass is 31.2. The summed E-state index contributed by atoms with van der Waals surface area (Å²) in [6, 6.07) is 34.4. The van der Waals surface area contributed by atoms with Crippen LogP contribution in [0.1, 0.15) is 10.4 Å². The van der Waals surface area contributed by atoms with Crippen LogP contribution in [0.25, 0.3) is 11.1 Å². The van der Waals surface area contributed by atoms with Crippen LogP contribution < -0.4 is 15.9 Å². The molecule has 4 rings (SSSR count). The minimum Gasteiger partial charge on any atom is -0.309 e. The zero-order chi connectivity index (χ0) is 19.4. The minimum atomic E-state index is -2.98. The maximum absolute atomic E-state index is 14.3. The standard InChI is InChI=1S/C25H19O2P/c26-19-21-9-7-8-14-25(21)20-15-17-24(18-16-20)28(27,22-10-3-1-4-11-22)23-12-5-2-6-13-23/h1-19H. The number of hydrogen-bond donors (Lipinski definition) is 0. The molecule has 0 saturated heterocycles. The van der Waals surface area contributed by atoms with Gasteiger partial charge in [-0.25, -0.2) is 0 Å². The largest absolute Gasteiger partial charge is 0.309 e. The van der Waals surface area contributed by atoms with Crippen LogP contribution in [0.15, 0.2) is 109 Å². The summed E-state index contributed by atoms with van der Waals surface area (Å²) in [5.74, 6) is 0. The molecule has 0 radical (unpaired) electrons. The Morgan fingerprint density at radius 3 is 1.54 bits per heavy atom. The molecule has 28 heavy (non-hydrogen) atoms. The van der Waals surface area contributed by atoms with E-state index in [9.17, 15) is 9.36 Å². The summed E-state index contributed by atoms with van der Waals surface area (Å²) in [5.41, 5.74) is 2.45. The number of hydrogen-bond acceptors (Lipinski definition) is 2. The number of carbonyl (C=O) groups is 1. The van der Waals surface area contributed by atoms with Gasteiger partial charge < -0.3 is 4.57 Å². The third kappa shape index (κ3) is 3.24. The molecule has 4 aromatic carbocycles. The van der Waals surface area contributed by atoms with Crippen LogP contribution in [0.4, 0.5) is 0 Å². The van der Waals surface area contributed by atoms with Crippen molar-refractivity contribution in [3.8, 4) is 11.1 Å². The van der Waals surface area contributed by atoms with Gasteiger partial charge in [-0.1, -0.05) is 109 Å². The first-order chi connectivity index (χ1) is 13.7. The van der Waals surface area contributed by atoms with E-state index in [0.717, 1.165) is 33.3 Å². The van der Waals surface area contributed by atoms with E-state index in [1.807, 2.05) is 103 Å². The Balaban J connectivity index is 1.85. The third-order valence-electron chi connectivity index (χ3n) is 4.87. The number of carbonyl (C=O) groups excluding carboxylic acids is 1. The molecule has 2 nitrogen and oxygen atoms in total. The smallest absolute Gasteiger partial charge is 0.171 e. The Labute approximate surface area is 164 Å². The lowest BCUT2D eigenvalue weighted by atomic mass is 10.0. The zero-order valence-corrected chi connectivity index (χ0v) is 16.1. The second kappa shape index (κ2) is 7.80. The average molecular weight is 382 g/mol. The highest BCUT2D eigenvalue weighted by Gasteiger charge is 2.29. The van der Waals surface area contributed by atoms with Crippen LogP contribution in [0.2, 0.25) is 0 Å². The van der Waals surface area contributed by atoms with E-state index in [1.54, 1.807) is 6.07 Å². The van der Waals surface area contributed by atoms with Gasteiger partial charge in [0, 0.05) is 21.5 Å². The lowest BCUT2D eigenvalue weighted by Gasteiger charge is -2.20. The van der Waals surface area contributed by atoms with Crippen molar-refractivity contribution in [3.05, 3.63) is 115 Å². The van der Waals surface area contributed by atoms with Crippen LogP contribution in [0.5, 0.6) is 0 Å². The van der Waals surface area contributed by atoms with Crippen molar-refractivity contribution in [1.82, 2.24) is 0 Å². The first-order valence-corrected chi connectivity index (χ1v) is 10.8.